The van der Waals surface area contributed by atoms with Crippen LogP contribution in [0, 0.1) is 23.3 Å². The van der Waals surface area contributed by atoms with Crippen LogP contribution in [0.25, 0.3) is 11.3 Å². The van der Waals surface area contributed by atoms with E-state index in [9.17, 15) is 27.2 Å². The molecule has 3 amide bonds. The van der Waals surface area contributed by atoms with Gasteiger partial charge < -0.3 is 5.73 Å². The molecule has 0 spiro atoms. The number of benzene rings is 2. The second kappa shape index (κ2) is 8.74. The van der Waals surface area contributed by atoms with Crippen LogP contribution >= 0.6 is 0 Å². The van der Waals surface area contributed by atoms with Gasteiger partial charge in [0.15, 0.2) is 0 Å². The normalized spacial score (nSPS) is 11.0. The van der Waals surface area contributed by atoms with Crippen LogP contribution in [-0.2, 0) is 0 Å². The van der Waals surface area contributed by atoms with Gasteiger partial charge in [-0.15, -0.1) is 0 Å². The average Bonchev–Trinajstić information content (AvgIpc) is 2.70. The molecule has 2 N–H and O–H groups in total. The molecule has 0 aliphatic carbocycles. The molecule has 0 saturated carbocycles. The summed E-state index contributed by atoms with van der Waals surface area (Å²) in [6.07, 6.45) is 1.20. The van der Waals surface area contributed by atoms with E-state index in [0.29, 0.717) is 11.0 Å². The fourth-order valence-corrected chi connectivity index (χ4v) is 2.86. The number of primary amides is 1. The summed E-state index contributed by atoms with van der Waals surface area (Å²) in [4.78, 5) is 32.5. The van der Waals surface area contributed by atoms with Gasteiger partial charge in [-0.25, -0.2) is 37.2 Å². The maximum Gasteiger partial charge on any atom is 0.325 e. The van der Waals surface area contributed by atoms with Gasteiger partial charge in [0.25, 0.3) is 5.91 Å². The number of nitrogens with zero attached hydrogens (tertiary/aromatic N) is 3. The lowest BCUT2D eigenvalue weighted by Gasteiger charge is -2.22. The van der Waals surface area contributed by atoms with E-state index in [4.69, 9.17) is 5.73 Å². The molecule has 1 heterocycles. The third-order valence-electron chi connectivity index (χ3n) is 4.15. The van der Waals surface area contributed by atoms with E-state index in [2.05, 4.69) is 9.98 Å². The number of carbonyl (C=O) groups is 2. The van der Waals surface area contributed by atoms with Gasteiger partial charge in [-0.1, -0.05) is 6.07 Å². The Labute approximate surface area is 173 Å². The number of carbonyl (C=O) groups excluding carboxylic acids is 2. The van der Waals surface area contributed by atoms with Gasteiger partial charge in [0, 0.05) is 17.8 Å². The minimum absolute atomic E-state index is 0.189. The molecule has 31 heavy (non-hydrogen) atoms. The molecule has 0 radical (unpaired) electrons. The quantitative estimate of drug-likeness (QED) is 0.478. The number of amides is 3. The predicted molar refractivity (Wildman–Crippen MR) is 106 cm³/mol. The number of anilines is 2. The first kappa shape index (κ1) is 21.6. The lowest BCUT2D eigenvalue weighted by molar-refractivity contribution is 0.100. The fraction of sp³-hybridized carbons (Fsp3) is 0.0476. The number of rotatable bonds is 4. The highest BCUT2D eigenvalue weighted by molar-refractivity contribution is 6.04. The highest BCUT2D eigenvalue weighted by Gasteiger charge is 2.26. The maximum atomic E-state index is 14.5. The summed E-state index contributed by atoms with van der Waals surface area (Å²) in [7, 11) is 0. The summed E-state index contributed by atoms with van der Waals surface area (Å²) in [6, 6.07) is 6.39. The van der Waals surface area contributed by atoms with Crippen molar-refractivity contribution in [2.75, 3.05) is 4.90 Å². The summed E-state index contributed by atoms with van der Waals surface area (Å²) < 4.78 is 56.4. The summed E-state index contributed by atoms with van der Waals surface area (Å²) in [5, 5.41) is 0. The molecule has 0 saturated heterocycles. The second-order valence-corrected chi connectivity index (χ2v) is 6.13. The molecule has 0 bridgehead atoms. The predicted octanol–water partition coefficient (Wildman–Crippen LogP) is 4.75. The first-order valence-electron chi connectivity index (χ1n) is 8.77. The topological polar surface area (TPSA) is 88.6 Å². The zero-order valence-corrected chi connectivity index (χ0v) is 15.9. The summed E-state index contributed by atoms with van der Waals surface area (Å²) in [5.41, 5.74) is 3.71. The molecule has 0 aliphatic heterocycles. The van der Waals surface area contributed by atoms with Crippen molar-refractivity contribution in [1.82, 2.24) is 4.98 Å². The van der Waals surface area contributed by atoms with E-state index in [-0.39, 0.29) is 16.8 Å². The highest BCUT2D eigenvalue weighted by atomic mass is 19.1. The molecule has 3 aromatic rings. The summed E-state index contributed by atoms with van der Waals surface area (Å²) in [5.74, 6) is -5.34. The van der Waals surface area contributed by atoms with Gasteiger partial charge in [0.2, 0.25) is 0 Å². The van der Waals surface area contributed by atoms with Crippen molar-refractivity contribution in [2.24, 2.45) is 10.7 Å². The van der Waals surface area contributed by atoms with E-state index in [0.717, 1.165) is 42.5 Å². The molecular weight excluding hydrogens is 416 g/mol. The first-order valence-corrected chi connectivity index (χ1v) is 8.77. The molecule has 10 heteroatoms. The lowest BCUT2D eigenvalue weighted by atomic mass is 10.0. The molecule has 0 atom stereocenters. The maximum absolute atomic E-state index is 14.5. The second-order valence-electron chi connectivity index (χ2n) is 6.13. The molecule has 158 valence electrons. The Hall–Kier alpha value is -4.08. The van der Waals surface area contributed by atoms with Crippen LogP contribution < -0.4 is 10.6 Å². The fourth-order valence-electron chi connectivity index (χ4n) is 2.86. The Morgan fingerprint density at radius 3 is 2.26 bits per heavy atom. The number of hydrogen-bond donors (Lipinski definition) is 1. The molecule has 0 unspecified atom stereocenters. The van der Waals surface area contributed by atoms with Crippen LogP contribution in [-0.4, -0.2) is 23.1 Å². The molecule has 0 aliphatic rings. The zero-order valence-electron chi connectivity index (χ0n) is 15.9. The number of hydrogen-bond acceptors (Lipinski definition) is 3. The summed E-state index contributed by atoms with van der Waals surface area (Å²) >= 11 is 0. The average molecular weight is 430 g/mol. The van der Waals surface area contributed by atoms with Crippen LogP contribution in [0.4, 0.5) is 33.9 Å². The van der Waals surface area contributed by atoms with Gasteiger partial charge in [-0.3, -0.25) is 4.79 Å². The highest BCUT2D eigenvalue weighted by Crippen LogP contribution is 2.33. The third kappa shape index (κ3) is 4.27. The Bertz CT molecular complexity index is 1190. The van der Waals surface area contributed by atoms with Gasteiger partial charge in [0.1, 0.15) is 34.8 Å². The van der Waals surface area contributed by atoms with Crippen LogP contribution in [0.1, 0.15) is 17.3 Å². The zero-order chi connectivity index (χ0) is 22.7. The van der Waals surface area contributed by atoms with Crippen LogP contribution in [0.15, 0.2) is 53.5 Å². The minimum atomic E-state index is -1.28. The van der Waals surface area contributed by atoms with Crippen LogP contribution in [0.2, 0.25) is 0 Å². The van der Waals surface area contributed by atoms with Gasteiger partial charge >= 0.3 is 6.03 Å². The van der Waals surface area contributed by atoms with Gasteiger partial charge in [0.05, 0.1) is 11.3 Å². The van der Waals surface area contributed by atoms with Gasteiger partial charge in [-0.2, -0.15) is 0 Å². The molecule has 3 rings (SSSR count). The van der Waals surface area contributed by atoms with Crippen molar-refractivity contribution in [2.45, 2.75) is 6.92 Å². The molecule has 0 fully saturated rings. The Kier molecular flexibility index (Phi) is 6.10. The molecule has 6 nitrogen and oxygen atoms in total. The number of halogens is 4. The lowest BCUT2D eigenvalue weighted by Crippen LogP contribution is -2.33. The smallest absolute Gasteiger partial charge is 0.325 e. The van der Waals surface area contributed by atoms with Crippen LogP contribution in [0.3, 0.4) is 0 Å². The van der Waals surface area contributed by atoms with E-state index in [1.807, 2.05) is 0 Å². The third-order valence-corrected chi connectivity index (χ3v) is 4.15. The Morgan fingerprint density at radius 2 is 1.68 bits per heavy atom. The van der Waals surface area contributed by atoms with E-state index in [1.54, 1.807) is 0 Å². The van der Waals surface area contributed by atoms with Crippen molar-refractivity contribution in [1.29, 1.82) is 0 Å². The summed E-state index contributed by atoms with van der Waals surface area (Å²) in [6.45, 7) is 1.48. The molecule has 1 aromatic heterocycles. The van der Waals surface area contributed by atoms with E-state index in [1.165, 1.54) is 13.1 Å². The number of pyridine rings is 1. The monoisotopic (exact) mass is 430 g/mol. The van der Waals surface area contributed by atoms with Crippen molar-refractivity contribution < 1.29 is 27.2 Å². The largest absolute Gasteiger partial charge is 0.351 e. The molecule has 2 aromatic carbocycles. The van der Waals surface area contributed by atoms with E-state index < -0.39 is 46.7 Å². The number of aromatic nitrogens is 1. The minimum Gasteiger partial charge on any atom is -0.351 e. The number of aliphatic imine (C=N–C) groups is 1. The Balaban J connectivity index is 2.29. The standard InChI is InChI=1S/C21H14F4N4O2/c1-2-27-20(30)13-8-9-17(28-18(13)12-7-6-11(22)10-16(12)25)29(21(26)31)19-14(23)4-3-5-15(19)24/h2-10H,1H3,(H2,26,31)/b27-2+. The van der Waals surface area contributed by atoms with Gasteiger partial charge in [-0.05, 0) is 43.3 Å². The Morgan fingerprint density at radius 1 is 1.00 bits per heavy atom. The molecular formula is C21H14F4N4O2. The van der Waals surface area contributed by atoms with E-state index >= 15 is 0 Å². The van der Waals surface area contributed by atoms with Crippen molar-refractivity contribution in [3.05, 3.63) is 77.4 Å². The number of nitrogens with two attached hydrogens (primary N) is 1. The van der Waals surface area contributed by atoms with Crippen molar-refractivity contribution >= 4 is 29.7 Å². The van der Waals surface area contributed by atoms with Crippen molar-refractivity contribution in [3.8, 4) is 11.3 Å². The number of para-hydroxylation sites is 1. The SMILES string of the molecule is C/C=N/C(=O)c1ccc(N(C(N)=O)c2c(F)cccc2F)nc1-c1ccc(F)cc1F. The number of urea groups is 1. The first-order chi connectivity index (χ1) is 14.7. The van der Waals surface area contributed by atoms with Crippen LogP contribution in [0.5, 0.6) is 0 Å². The van der Waals surface area contributed by atoms with Crippen molar-refractivity contribution in [3.63, 3.8) is 0 Å².